The van der Waals surface area contributed by atoms with Crippen LogP contribution < -0.4 is 5.73 Å². The second kappa shape index (κ2) is 6.60. The zero-order valence-corrected chi connectivity index (χ0v) is 13.8. The van der Waals surface area contributed by atoms with Crippen molar-refractivity contribution >= 4 is 11.3 Å². The highest BCUT2D eigenvalue weighted by molar-refractivity contribution is 5.88. The molecule has 0 radical (unpaired) electrons. The third-order valence-corrected chi connectivity index (χ3v) is 4.38. The molecule has 3 aromatic carbocycles. The minimum absolute atomic E-state index is 0.772. The lowest BCUT2D eigenvalue weighted by molar-refractivity contribution is 1.55. The summed E-state index contributed by atoms with van der Waals surface area (Å²) in [6, 6.07) is 25.1. The smallest absolute Gasteiger partial charge is 0.103 e. The van der Waals surface area contributed by atoms with Gasteiger partial charge >= 0.3 is 0 Å². The lowest BCUT2D eigenvalue weighted by Gasteiger charge is -2.11. The molecule has 0 spiro atoms. The number of nitrogens with two attached hydrogens (primary N) is 1. The molecular formula is C24H18N+. The van der Waals surface area contributed by atoms with E-state index in [4.69, 9.17) is 5.73 Å². The molecular weight excluding hydrogens is 302 g/mol. The predicted octanol–water partition coefficient (Wildman–Crippen LogP) is 5.92. The molecule has 1 nitrogen and oxygen atoms in total. The topological polar surface area (TPSA) is 26.0 Å². The van der Waals surface area contributed by atoms with E-state index in [1.807, 2.05) is 30.4 Å². The van der Waals surface area contributed by atoms with Crippen molar-refractivity contribution in [3.8, 4) is 22.3 Å². The van der Waals surface area contributed by atoms with Gasteiger partial charge in [0.15, 0.2) is 0 Å². The predicted molar refractivity (Wildman–Crippen MR) is 107 cm³/mol. The van der Waals surface area contributed by atoms with Crippen molar-refractivity contribution < 1.29 is 0 Å². The summed E-state index contributed by atoms with van der Waals surface area (Å²) in [5.41, 5.74) is 13.9. The van der Waals surface area contributed by atoms with Crippen LogP contribution in [0.15, 0.2) is 97.1 Å². The highest BCUT2D eigenvalue weighted by Gasteiger charge is 2.13. The molecule has 0 heterocycles. The Balaban J connectivity index is 1.77. The highest BCUT2D eigenvalue weighted by atomic mass is 14.5. The van der Waals surface area contributed by atoms with E-state index < -0.39 is 0 Å². The molecule has 25 heavy (non-hydrogen) atoms. The molecule has 3 aromatic rings. The van der Waals surface area contributed by atoms with Crippen LogP contribution in [0, 0.1) is 6.08 Å². The number of anilines is 1. The minimum atomic E-state index is 0.772. The minimum Gasteiger partial charge on any atom is -0.399 e. The van der Waals surface area contributed by atoms with Crippen LogP contribution in [0.25, 0.3) is 27.8 Å². The summed E-state index contributed by atoms with van der Waals surface area (Å²) >= 11 is 0. The van der Waals surface area contributed by atoms with Gasteiger partial charge in [0.2, 0.25) is 0 Å². The standard InChI is InChI=1S/C24H18N/c25-22-15-16-23(20-9-5-2-6-10-20)24(17-22)21-13-11-19(12-14-21)18-7-3-1-4-8-18/h1,3-17H,25H2/q+1. The van der Waals surface area contributed by atoms with E-state index >= 15 is 0 Å². The summed E-state index contributed by atoms with van der Waals surface area (Å²) in [5.74, 6) is 0. The molecule has 1 aliphatic carbocycles. The largest absolute Gasteiger partial charge is 0.399 e. The van der Waals surface area contributed by atoms with Crippen molar-refractivity contribution in [2.24, 2.45) is 0 Å². The maximum Gasteiger partial charge on any atom is 0.103 e. The van der Waals surface area contributed by atoms with Crippen molar-refractivity contribution in [2.45, 2.75) is 0 Å². The van der Waals surface area contributed by atoms with E-state index in [1.54, 1.807) is 0 Å². The van der Waals surface area contributed by atoms with Crippen molar-refractivity contribution in [2.75, 3.05) is 5.73 Å². The van der Waals surface area contributed by atoms with Crippen LogP contribution in [0.4, 0.5) is 5.69 Å². The first-order valence-corrected chi connectivity index (χ1v) is 8.33. The van der Waals surface area contributed by atoms with Crippen molar-refractivity contribution in [3.63, 3.8) is 0 Å². The lowest BCUT2D eigenvalue weighted by Crippen LogP contribution is -1.93. The monoisotopic (exact) mass is 320 g/mol. The normalized spacial score (nSPS) is 12.6. The fourth-order valence-electron chi connectivity index (χ4n) is 3.09. The zero-order valence-electron chi connectivity index (χ0n) is 13.8. The van der Waals surface area contributed by atoms with Crippen LogP contribution in [-0.2, 0) is 0 Å². The van der Waals surface area contributed by atoms with Gasteiger partial charge < -0.3 is 5.73 Å². The third kappa shape index (κ3) is 3.14. The van der Waals surface area contributed by atoms with Crippen LogP contribution in [-0.4, -0.2) is 0 Å². The van der Waals surface area contributed by atoms with Crippen LogP contribution in [0.3, 0.4) is 0 Å². The fourth-order valence-corrected chi connectivity index (χ4v) is 3.09. The Hall–Kier alpha value is -3.41. The number of rotatable bonds is 3. The van der Waals surface area contributed by atoms with E-state index in [2.05, 4.69) is 72.8 Å². The maximum atomic E-state index is 6.06. The van der Waals surface area contributed by atoms with Gasteiger partial charge in [-0.25, -0.2) is 0 Å². The van der Waals surface area contributed by atoms with Gasteiger partial charge in [-0.15, -0.1) is 0 Å². The van der Waals surface area contributed by atoms with E-state index in [0.29, 0.717) is 0 Å². The van der Waals surface area contributed by atoms with Crippen LogP contribution in [0.5, 0.6) is 0 Å². The average molecular weight is 320 g/mol. The Morgan fingerprint density at radius 2 is 1.40 bits per heavy atom. The summed E-state index contributed by atoms with van der Waals surface area (Å²) in [6.07, 6.45) is 11.1. The Labute approximate surface area is 148 Å². The SMILES string of the molecule is Nc1ccc(C2=CC=[C+]C=C2)c(-c2ccc(-c3ccccc3)cc2)c1. The molecule has 1 aliphatic rings. The second-order valence-corrected chi connectivity index (χ2v) is 6.04. The molecule has 2 N–H and O–H groups in total. The quantitative estimate of drug-likeness (QED) is 0.471. The molecule has 0 saturated heterocycles. The van der Waals surface area contributed by atoms with Gasteiger partial charge in [0.25, 0.3) is 0 Å². The first-order valence-electron chi connectivity index (χ1n) is 8.33. The zero-order chi connectivity index (χ0) is 17.1. The first-order chi connectivity index (χ1) is 12.3. The Morgan fingerprint density at radius 3 is 2.12 bits per heavy atom. The molecule has 0 bridgehead atoms. The highest BCUT2D eigenvalue weighted by Crippen LogP contribution is 2.33. The Bertz CT molecular complexity index is 974. The van der Waals surface area contributed by atoms with Crippen LogP contribution in [0.1, 0.15) is 5.56 Å². The Morgan fingerprint density at radius 1 is 0.680 bits per heavy atom. The van der Waals surface area contributed by atoms with Gasteiger partial charge in [-0.05, 0) is 40.5 Å². The molecule has 118 valence electrons. The molecule has 0 unspecified atom stereocenters. The van der Waals surface area contributed by atoms with E-state index in [1.165, 1.54) is 22.3 Å². The summed E-state index contributed by atoms with van der Waals surface area (Å²) in [6.45, 7) is 0. The number of allylic oxidation sites excluding steroid dienone is 6. The van der Waals surface area contributed by atoms with E-state index in [-0.39, 0.29) is 0 Å². The number of benzene rings is 3. The first kappa shape index (κ1) is 15.1. The fraction of sp³-hybridized carbons (Fsp3) is 0. The average Bonchev–Trinajstić information content (AvgIpc) is 2.69. The van der Waals surface area contributed by atoms with Crippen LogP contribution in [0.2, 0.25) is 0 Å². The molecule has 0 atom stereocenters. The van der Waals surface area contributed by atoms with Crippen LogP contribution >= 0.6 is 0 Å². The van der Waals surface area contributed by atoms with E-state index in [0.717, 1.165) is 16.8 Å². The van der Waals surface area contributed by atoms with Gasteiger partial charge in [0, 0.05) is 17.3 Å². The number of nitrogen functional groups attached to an aromatic ring is 1. The molecule has 0 amide bonds. The van der Waals surface area contributed by atoms with Crippen molar-refractivity contribution in [3.05, 3.63) is 109 Å². The molecule has 0 saturated carbocycles. The molecule has 0 fully saturated rings. The Kier molecular flexibility index (Phi) is 4.00. The third-order valence-electron chi connectivity index (χ3n) is 4.38. The molecule has 0 aromatic heterocycles. The van der Waals surface area contributed by atoms with Gasteiger partial charge in [-0.2, -0.15) is 0 Å². The van der Waals surface area contributed by atoms with Gasteiger partial charge in [0.05, 0.1) is 17.7 Å². The molecule has 4 rings (SSSR count). The molecule has 0 aliphatic heterocycles. The van der Waals surface area contributed by atoms with Gasteiger partial charge in [-0.1, -0.05) is 54.6 Å². The van der Waals surface area contributed by atoms with Gasteiger partial charge in [-0.3, -0.25) is 0 Å². The second-order valence-electron chi connectivity index (χ2n) is 6.04. The number of hydrogen-bond acceptors (Lipinski definition) is 1. The molecule has 1 heteroatoms. The summed E-state index contributed by atoms with van der Waals surface area (Å²) in [7, 11) is 0. The lowest BCUT2D eigenvalue weighted by atomic mass is 9.91. The number of hydrogen-bond donors (Lipinski definition) is 1. The summed E-state index contributed by atoms with van der Waals surface area (Å²) in [5, 5.41) is 0. The van der Waals surface area contributed by atoms with E-state index in [9.17, 15) is 0 Å². The summed E-state index contributed by atoms with van der Waals surface area (Å²) < 4.78 is 0. The van der Waals surface area contributed by atoms with Gasteiger partial charge in [0.1, 0.15) is 12.2 Å². The van der Waals surface area contributed by atoms with Crippen molar-refractivity contribution in [1.82, 2.24) is 0 Å². The summed E-state index contributed by atoms with van der Waals surface area (Å²) in [4.78, 5) is 0. The maximum absolute atomic E-state index is 6.06. The van der Waals surface area contributed by atoms with Crippen molar-refractivity contribution in [1.29, 1.82) is 0 Å².